The molecule has 0 unspecified atom stereocenters. The number of anilines is 2. The highest BCUT2D eigenvalue weighted by molar-refractivity contribution is 5.77. The van der Waals surface area contributed by atoms with Crippen LogP contribution in [0.15, 0.2) is 66.0 Å². The van der Waals surface area contributed by atoms with Gasteiger partial charge in [-0.25, -0.2) is 4.98 Å². The lowest BCUT2D eigenvalue weighted by Gasteiger charge is -2.21. The summed E-state index contributed by atoms with van der Waals surface area (Å²) >= 11 is 0. The van der Waals surface area contributed by atoms with E-state index < -0.39 is 0 Å². The first-order valence-corrected chi connectivity index (χ1v) is 10.2. The van der Waals surface area contributed by atoms with Gasteiger partial charge in [0, 0.05) is 41.8 Å². The van der Waals surface area contributed by atoms with Crippen molar-refractivity contribution >= 4 is 17.0 Å². The van der Waals surface area contributed by atoms with E-state index in [0.717, 1.165) is 28.3 Å². The molecule has 1 fully saturated rings. The highest BCUT2D eigenvalue weighted by Crippen LogP contribution is 2.32. The van der Waals surface area contributed by atoms with Gasteiger partial charge in [-0.1, -0.05) is 19.3 Å². The Balaban J connectivity index is 1.43. The van der Waals surface area contributed by atoms with E-state index in [-0.39, 0.29) is 5.56 Å². The van der Waals surface area contributed by atoms with Crippen LogP contribution in [0.2, 0.25) is 0 Å². The van der Waals surface area contributed by atoms with E-state index in [9.17, 15) is 4.79 Å². The van der Waals surface area contributed by atoms with Crippen LogP contribution in [0.3, 0.4) is 0 Å². The van der Waals surface area contributed by atoms with Gasteiger partial charge in [-0.3, -0.25) is 14.2 Å². The molecule has 0 aliphatic heterocycles. The largest absolute Gasteiger partial charge is 0.351 e. The maximum absolute atomic E-state index is 11.7. The Morgan fingerprint density at radius 3 is 2.72 bits per heavy atom. The van der Waals surface area contributed by atoms with Crippen molar-refractivity contribution in [3.05, 3.63) is 77.2 Å². The normalized spacial score (nSPS) is 14.9. The Morgan fingerprint density at radius 1 is 1.03 bits per heavy atom. The lowest BCUT2D eigenvalue weighted by atomic mass is 9.87. The molecule has 1 aliphatic rings. The molecule has 6 heteroatoms. The minimum absolute atomic E-state index is 0.123. The molecule has 2 N–H and O–H groups in total. The van der Waals surface area contributed by atoms with E-state index in [2.05, 4.69) is 27.4 Å². The van der Waals surface area contributed by atoms with Crippen molar-refractivity contribution in [1.29, 1.82) is 0 Å². The number of rotatable bonds is 4. The van der Waals surface area contributed by atoms with Gasteiger partial charge in [0.1, 0.15) is 0 Å². The Labute approximate surface area is 168 Å². The predicted molar refractivity (Wildman–Crippen MR) is 115 cm³/mol. The Bertz CT molecular complexity index is 1190. The van der Waals surface area contributed by atoms with E-state index in [0.29, 0.717) is 5.92 Å². The third-order valence-electron chi connectivity index (χ3n) is 5.71. The molecular formula is C23H23N5O. The van der Waals surface area contributed by atoms with Gasteiger partial charge in [-0.2, -0.15) is 0 Å². The van der Waals surface area contributed by atoms with Crippen molar-refractivity contribution in [3.8, 4) is 11.3 Å². The first-order valence-electron chi connectivity index (χ1n) is 10.2. The second-order valence-corrected chi connectivity index (χ2v) is 7.63. The number of fused-ring (bicyclic) bond motifs is 1. The molecule has 0 atom stereocenters. The molecule has 0 amide bonds. The summed E-state index contributed by atoms with van der Waals surface area (Å²) in [5.41, 5.74) is 5.49. The van der Waals surface area contributed by atoms with Gasteiger partial charge in [0.15, 0.2) is 5.65 Å². The standard InChI is InChI=1S/C23H23N5O/c29-22-14-17(10-11-24-22)21-9-8-20(23-25-12-13-28(21)23)27-18-6-7-19(26-15-18)16-4-2-1-3-5-16/h6-16,27H,1-5H2,(H,24,29). The highest BCUT2D eigenvalue weighted by Gasteiger charge is 2.16. The summed E-state index contributed by atoms with van der Waals surface area (Å²) in [6, 6.07) is 11.7. The maximum Gasteiger partial charge on any atom is 0.248 e. The number of nitrogens with zero attached hydrogens (tertiary/aromatic N) is 3. The molecule has 4 aromatic rings. The van der Waals surface area contributed by atoms with Crippen LogP contribution in [0.5, 0.6) is 0 Å². The summed E-state index contributed by atoms with van der Waals surface area (Å²) in [5, 5.41) is 3.44. The Hall–Kier alpha value is -3.41. The molecule has 0 radical (unpaired) electrons. The topological polar surface area (TPSA) is 75.1 Å². The molecule has 5 rings (SSSR count). The smallest absolute Gasteiger partial charge is 0.248 e. The molecule has 1 saturated carbocycles. The summed E-state index contributed by atoms with van der Waals surface area (Å²) in [4.78, 5) is 23.6. The quantitative estimate of drug-likeness (QED) is 0.525. The van der Waals surface area contributed by atoms with Gasteiger partial charge < -0.3 is 10.3 Å². The number of aromatic nitrogens is 4. The second-order valence-electron chi connectivity index (χ2n) is 7.63. The van der Waals surface area contributed by atoms with Crippen LogP contribution >= 0.6 is 0 Å². The van der Waals surface area contributed by atoms with E-state index in [1.54, 1.807) is 18.5 Å². The van der Waals surface area contributed by atoms with E-state index >= 15 is 0 Å². The van der Waals surface area contributed by atoms with Crippen molar-refractivity contribution in [3.63, 3.8) is 0 Å². The van der Waals surface area contributed by atoms with Gasteiger partial charge in [0.25, 0.3) is 0 Å². The zero-order chi connectivity index (χ0) is 19.6. The predicted octanol–water partition coefficient (Wildman–Crippen LogP) is 4.88. The molecule has 6 nitrogen and oxygen atoms in total. The Kier molecular flexibility index (Phi) is 4.60. The summed E-state index contributed by atoms with van der Waals surface area (Å²) in [5.74, 6) is 0.602. The third kappa shape index (κ3) is 3.53. The fourth-order valence-electron chi connectivity index (χ4n) is 4.23. The molecular weight excluding hydrogens is 362 g/mol. The van der Waals surface area contributed by atoms with Crippen molar-refractivity contribution in [2.45, 2.75) is 38.0 Å². The lowest BCUT2D eigenvalue weighted by Crippen LogP contribution is -2.06. The molecule has 0 saturated heterocycles. The van der Waals surface area contributed by atoms with Gasteiger partial charge >= 0.3 is 0 Å². The average molecular weight is 385 g/mol. The number of H-pyrrole nitrogens is 1. The maximum atomic E-state index is 11.7. The van der Waals surface area contributed by atoms with Crippen molar-refractivity contribution in [2.24, 2.45) is 0 Å². The minimum atomic E-state index is -0.123. The van der Waals surface area contributed by atoms with Crippen LogP contribution in [-0.4, -0.2) is 19.4 Å². The first-order chi connectivity index (χ1) is 14.3. The average Bonchev–Trinajstić information content (AvgIpc) is 3.26. The van der Waals surface area contributed by atoms with Gasteiger partial charge in [0.05, 0.1) is 23.3 Å². The van der Waals surface area contributed by atoms with Crippen LogP contribution in [0, 0.1) is 0 Å². The van der Waals surface area contributed by atoms with Crippen LogP contribution in [0.4, 0.5) is 11.4 Å². The Morgan fingerprint density at radius 2 is 1.93 bits per heavy atom. The molecule has 1 aliphatic carbocycles. The van der Waals surface area contributed by atoms with Gasteiger partial charge in [-0.15, -0.1) is 0 Å². The summed E-state index contributed by atoms with van der Waals surface area (Å²) < 4.78 is 1.99. The fourth-order valence-corrected chi connectivity index (χ4v) is 4.23. The number of nitrogens with one attached hydrogen (secondary N) is 2. The van der Waals surface area contributed by atoms with Crippen molar-refractivity contribution in [2.75, 3.05) is 5.32 Å². The molecule has 0 bridgehead atoms. The number of imidazole rings is 1. The van der Waals surface area contributed by atoms with E-state index in [1.165, 1.54) is 37.8 Å². The van der Waals surface area contributed by atoms with Gasteiger partial charge in [-0.05, 0) is 43.2 Å². The van der Waals surface area contributed by atoms with Crippen LogP contribution in [-0.2, 0) is 0 Å². The lowest BCUT2D eigenvalue weighted by molar-refractivity contribution is 0.437. The van der Waals surface area contributed by atoms with Crippen molar-refractivity contribution in [1.82, 2.24) is 19.4 Å². The summed E-state index contributed by atoms with van der Waals surface area (Å²) in [6.07, 6.45) is 13.7. The zero-order valence-corrected chi connectivity index (χ0v) is 16.1. The second kappa shape index (κ2) is 7.54. The number of pyridine rings is 3. The molecule has 0 spiro atoms. The highest BCUT2D eigenvalue weighted by atomic mass is 16.1. The first kappa shape index (κ1) is 17.7. The third-order valence-corrected chi connectivity index (χ3v) is 5.71. The van der Waals surface area contributed by atoms with Crippen LogP contribution in [0.25, 0.3) is 16.9 Å². The van der Waals surface area contributed by atoms with E-state index in [1.807, 2.05) is 35.0 Å². The zero-order valence-electron chi connectivity index (χ0n) is 16.1. The molecule has 29 heavy (non-hydrogen) atoms. The SMILES string of the molecule is O=c1cc(-c2ccc(Nc3ccc(C4CCCCC4)nc3)c3nccn23)cc[nH]1. The molecule has 146 valence electrons. The fraction of sp³-hybridized carbons (Fsp3) is 0.261. The molecule has 4 heterocycles. The van der Waals surface area contributed by atoms with E-state index in [4.69, 9.17) is 4.98 Å². The molecule has 0 aromatic carbocycles. The van der Waals surface area contributed by atoms with Crippen LogP contribution in [0.1, 0.15) is 43.7 Å². The number of hydrogen-bond donors (Lipinski definition) is 2. The summed E-state index contributed by atoms with van der Waals surface area (Å²) in [6.45, 7) is 0. The monoisotopic (exact) mass is 385 g/mol. The molecule has 4 aromatic heterocycles. The minimum Gasteiger partial charge on any atom is -0.351 e. The summed E-state index contributed by atoms with van der Waals surface area (Å²) in [7, 11) is 0. The van der Waals surface area contributed by atoms with Crippen molar-refractivity contribution < 1.29 is 0 Å². The number of hydrogen-bond acceptors (Lipinski definition) is 4. The van der Waals surface area contributed by atoms with Crippen LogP contribution < -0.4 is 10.9 Å². The number of aromatic amines is 1. The van der Waals surface area contributed by atoms with Gasteiger partial charge in [0.2, 0.25) is 5.56 Å².